The van der Waals surface area contributed by atoms with E-state index in [2.05, 4.69) is 5.32 Å². The lowest BCUT2D eigenvalue weighted by Gasteiger charge is -2.03. The molecule has 0 saturated heterocycles. The zero-order chi connectivity index (χ0) is 11.9. The van der Waals surface area contributed by atoms with Crippen molar-refractivity contribution in [3.05, 3.63) is 0 Å². The van der Waals surface area contributed by atoms with Gasteiger partial charge >= 0.3 is 6.03 Å². The number of rotatable bonds is 6. The highest BCUT2D eigenvalue weighted by atomic mass is 32.2. The van der Waals surface area contributed by atoms with Gasteiger partial charge in [0.25, 0.3) is 0 Å². The van der Waals surface area contributed by atoms with Crippen molar-refractivity contribution in [1.29, 1.82) is 0 Å². The van der Waals surface area contributed by atoms with Crippen LogP contribution >= 0.6 is 0 Å². The molecule has 0 aromatic heterocycles. The fourth-order valence-corrected chi connectivity index (χ4v) is 1.51. The molecule has 0 aromatic carbocycles. The topological polar surface area (TPSA) is 118 Å². The monoisotopic (exact) mass is 237 g/mol. The van der Waals surface area contributed by atoms with Crippen molar-refractivity contribution < 1.29 is 18.0 Å². The smallest absolute Gasteiger partial charge is 0.318 e. The fourth-order valence-electron chi connectivity index (χ4n) is 0.843. The maximum atomic E-state index is 10.8. The van der Waals surface area contributed by atoms with Crippen LogP contribution in [0.15, 0.2) is 0 Å². The number of imide groups is 1. The minimum Gasteiger partial charge on any atom is -0.351 e. The maximum Gasteiger partial charge on any atom is 0.318 e. The van der Waals surface area contributed by atoms with Crippen LogP contribution in [0, 0.1) is 0 Å². The van der Waals surface area contributed by atoms with Crippen LogP contribution in [-0.2, 0) is 14.6 Å². The molecule has 7 nitrogen and oxygen atoms in total. The second kappa shape index (κ2) is 6.36. The largest absolute Gasteiger partial charge is 0.351 e. The summed E-state index contributed by atoms with van der Waals surface area (Å²) >= 11 is 0. The first-order chi connectivity index (χ1) is 6.81. The Bertz CT molecular complexity index is 325. The first-order valence-corrected chi connectivity index (χ1v) is 6.35. The Morgan fingerprint density at radius 3 is 2.40 bits per heavy atom. The summed E-state index contributed by atoms with van der Waals surface area (Å²) in [4.78, 5) is 21.0. The summed E-state index contributed by atoms with van der Waals surface area (Å²) in [5.74, 6) is -0.473. The summed E-state index contributed by atoms with van der Waals surface area (Å²) in [7, 11) is -2.96. The molecular formula is C7H15N3O4S. The highest BCUT2D eigenvalue weighted by Crippen LogP contribution is 1.86. The third-order valence-corrected chi connectivity index (χ3v) is 2.45. The van der Waals surface area contributed by atoms with Crippen molar-refractivity contribution in [3.8, 4) is 0 Å². The van der Waals surface area contributed by atoms with Crippen LogP contribution in [0.25, 0.3) is 0 Å². The first-order valence-electron chi connectivity index (χ1n) is 4.29. The van der Waals surface area contributed by atoms with E-state index in [0.29, 0.717) is 13.0 Å². The second-order valence-corrected chi connectivity index (χ2v) is 5.33. The lowest BCUT2D eigenvalue weighted by molar-refractivity contribution is -0.119. The Labute approximate surface area is 88.3 Å². The number of carbonyl (C=O) groups is 2. The molecule has 4 N–H and O–H groups in total. The van der Waals surface area contributed by atoms with Crippen molar-refractivity contribution in [3.63, 3.8) is 0 Å². The van der Waals surface area contributed by atoms with E-state index in [0.717, 1.165) is 6.26 Å². The van der Waals surface area contributed by atoms with Gasteiger partial charge in [0.05, 0.1) is 12.3 Å². The number of amides is 3. The van der Waals surface area contributed by atoms with Gasteiger partial charge < -0.3 is 11.1 Å². The molecule has 0 aromatic rings. The third-order valence-electron chi connectivity index (χ3n) is 1.42. The quantitative estimate of drug-likeness (QED) is 0.471. The van der Waals surface area contributed by atoms with Gasteiger partial charge in [-0.1, -0.05) is 0 Å². The Morgan fingerprint density at radius 2 is 1.93 bits per heavy atom. The zero-order valence-corrected chi connectivity index (χ0v) is 9.26. The molecule has 3 amide bonds. The summed E-state index contributed by atoms with van der Waals surface area (Å²) in [5, 5.41) is 4.55. The normalized spacial score (nSPS) is 11.0. The highest BCUT2D eigenvalue weighted by molar-refractivity contribution is 7.90. The number of sulfone groups is 1. The van der Waals surface area contributed by atoms with Crippen molar-refractivity contribution in [2.45, 2.75) is 6.42 Å². The van der Waals surface area contributed by atoms with E-state index in [1.165, 1.54) is 0 Å². The van der Waals surface area contributed by atoms with Crippen LogP contribution in [0.4, 0.5) is 4.79 Å². The Morgan fingerprint density at radius 1 is 1.33 bits per heavy atom. The number of hydrogen-bond donors (Lipinski definition) is 3. The molecule has 0 aliphatic rings. The molecule has 0 aliphatic carbocycles. The summed E-state index contributed by atoms with van der Waals surface area (Å²) < 4.78 is 21.4. The van der Waals surface area contributed by atoms with E-state index >= 15 is 0 Å². The van der Waals surface area contributed by atoms with Gasteiger partial charge in [0.2, 0.25) is 5.91 Å². The molecule has 0 rings (SSSR count). The van der Waals surface area contributed by atoms with Crippen LogP contribution in [-0.4, -0.2) is 45.5 Å². The summed E-state index contributed by atoms with van der Waals surface area (Å²) in [6.45, 7) is 0.325. The average Bonchev–Trinajstić information content (AvgIpc) is 1.99. The minimum atomic E-state index is -2.96. The summed E-state index contributed by atoms with van der Waals surface area (Å²) in [6, 6.07) is -0.905. The van der Waals surface area contributed by atoms with Gasteiger partial charge in [-0.2, -0.15) is 0 Å². The molecule has 0 atom stereocenters. The van der Waals surface area contributed by atoms with Crippen LogP contribution in [0.2, 0.25) is 0 Å². The van der Waals surface area contributed by atoms with Crippen LogP contribution in [0.3, 0.4) is 0 Å². The van der Waals surface area contributed by atoms with E-state index < -0.39 is 21.8 Å². The van der Waals surface area contributed by atoms with Gasteiger partial charge in [-0.15, -0.1) is 0 Å². The molecule has 0 bridgehead atoms. The van der Waals surface area contributed by atoms with Crippen LogP contribution in [0.5, 0.6) is 0 Å². The molecule has 0 unspecified atom stereocenters. The Kier molecular flexibility index (Phi) is 5.87. The standard InChI is InChI=1S/C7H15N3O4S/c1-15(13,14)4-2-3-9-5-6(11)10-7(8)12/h9H,2-5H2,1H3,(H3,8,10,11,12). The fraction of sp³-hybridized carbons (Fsp3) is 0.714. The number of nitrogens with two attached hydrogens (primary N) is 1. The molecule has 0 heterocycles. The molecule has 15 heavy (non-hydrogen) atoms. The number of primary amides is 1. The van der Waals surface area contributed by atoms with E-state index in [4.69, 9.17) is 5.73 Å². The highest BCUT2D eigenvalue weighted by Gasteiger charge is 2.04. The molecule has 0 radical (unpaired) electrons. The molecule has 8 heteroatoms. The lowest BCUT2D eigenvalue weighted by Crippen LogP contribution is -2.40. The maximum absolute atomic E-state index is 10.8. The SMILES string of the molecule is CS(=O)(=O)CCCNCC(=O)NC(N)=O. The van der Waals surface area contributed by atoms with Gasteiger partial charge in [0, 0.05) is 6.26 Å². The van der Waals surface area contributed by atoms with Gasteiger partial charge in [0.15, 0.2) is 0 Å². The minimum absolute atomic E-state index is 0.0628. The summed E-state index contributed by atoms with van der Waals surface area (Å²) in [6.07, 6.45) is 1.56. The molecule has 0 saturated carbocycles. The Hall–Kier alpha value is -1.15. The lowest BCUT2D eigenvalue weighted by atomic mass is 10.4. The van der Waals surface area contributed by atoms with Gasteiger partial charge in [-0.25, -0.2) is 13.2 Å². The van der Waals surface area contributed by atoms with E-state index in [9.17, 15) is 18.0 Å². The van der Waals surface area contributed by atoms with Crippen molar-refractivity contribution in [1.82, 2.24) is 10.6 Å². The van der Waals surface area contributed by atoms with Crippen LogP contribution in [0.1, 0.15) is 6.42 Å². The molecule has 0 spiro atoms. The van der Waals surface area contributed by atoms with Gasteiger partial charge in [0.1, 0.15) is 9.84 Å². The summed E-state index contributed by atoms with van der Waals surface area (Å²) in [5.41, 5.74) is 4.70. The van der Waals surface area contributed by atoms with E-state index in [1.54, 1.807) is 0 Å². The predicted molar refractivity (Wildman–Crippen MR) is 54.9 cm³/mol. The number of carbonyl (C=O) groups excluding carboxylic acids is 2. The van der Waals surface area contributed by atoms with Gasteiger partial charge in [-0.05, 0) is 13.0 Å². The van der Waals surface area contributed by atoms with Crippen molar-refractivity contribution >= 4 is 21.8 Å². The first kappa shape index (κ1) is 13.8. The third kappa shape index (κ3) is 10.8. The van der Waals surface area contributed by atoms with Crippen molar-refractivity contribution in [2.75, 3.05) is 25.1 Å². The Balaban J connectivity index is 3.47. The predicted octanol–water partition coefficient (Wildman–Crippen LogP) is -1.79. The number of urea groups is 1. The molecule has 0 fully saturated rings. The van der Waals surface area contributed by atoms with Crippen molar-refractivity contribution in [2.24, 2.45) is 5.73 Å². The van der Waals surface area contributed by atoms with E-state index in [1.807, 2.05) is 5.32 Å². The van der Waals surface area contributed by atoms with E-state index in [-0.39, 0.29) is 12.3 Å². The van der Waals surface area contributed by atoms with Crippen LogP contribution < -0.4 is 16.4 Å². The van der Waals surface area contributed by atoms with Gasteiger partial charge in [-0.3, -0.25) is 10.1 Å². The molecular weight excluding hydrogens is 222 g/mol. The number of hydrogen-bond acceptors (Lipinski definition) is 5. The average molecular weight is 237 g/mol. The molecule has 0 aliphatic heterocycles. The number of nitrogens with one attached hydrogen (secondary N) is 2. The zero-order valence-electron chi connectivity index (χ0n) is 8.45. The second-order valence-electron chi connectivity index (χ2n) is 3.07. The molecule has 88 valence electrons.